The maximum absolute atomic E-state index is 13.9. The second-order valence-corrected chi connectivity index (χ2v) is 7.15. The van der Waals surface area contributed by atoms with Gasteiger partial charge in [-0.05, 0) is 55.8 Å². The number of halogens is 3. The van der Waals surface area contributed by atoms with Gasteiger partial charge in [0.25, 0.3) is 0 Å². The Morgan fingerprint density at radius 1 is 1.14 bits per heavy atom. The Balaban J connectivity index is 1.76. The van der Waals surface area contributed by atoms with Crippen LogP contribution in [-0.4, -0.2) is 36.9 Å². The van der Waals surface area contributed by atoms with Gasteiger partial charge in [-0.1, -0.05) is 29.8 Å². The number of likely N-dealkylation sites (tertiary alicyclic amines) is 1. The van der Waals surface area contributed by atoms with Crippen molar-refractivity contribution in [1.82, 2.24) is 4.90 Å². The average molecular weight is 408 g/mol. The van der Waals surface area contributed by atoms with Crippen LogP contribution in [0.15, 0.2) is 42.5 Å². The third-order valence-corrected chi connectivity index (χ3v) is 5.43. The van der Waals surface area contributed by atoms with E-state index in [0.717, 1.165) is 18.2 Å². The zero-order valence-electron chi connectivity index (χ0n) is 15.3. The Kier molecular flexibility index (Phi) is 6.42. The summed E-state index contributed by atoms with van der Waals surface area (Å²) in [6.45, 7) is 0.858. The number of carbonyl (C=O) groups excluding carboxylic acids is 2. The summed E-state index contributed by atoms with van der Waals surface area (Å²) in [5.74, 6) is -2.65. The molecule has 0 bridgehead atoms. The van der Waals surface area contributed by atoms with E-state index in [1.807, 2.05) is 4.90 Å². The normalized spacial score (nSPS) is 16.6. The van der Waals surface area contributed by atoms with Crippen molar-refractivity contribution in [3.63, 3.8) is 0 Å². The molecule has 0 aliphatic carbocycles. The number of piperidine rings is 1. The molecular formula is C21H20ClF2NO3. The summed E-state index contributed by atoms with van der Waals surface area (Å²) in [7, 11) is 1.31. The third-order valence-electron chi connectivity index (χ3n) is 5.08. The molecule has 0 aromatic heterocycles. The lowest BCUT2D eigenvalue weighted by Crippen LogP contribution is -2.42. The number of hydrogen-bond acceptors (Lipinski definition) is 4. The highest BCUT2D eigenvalue weighted by molar-refractivity contribution is 6.31. The lowest BCUT2D eigenvalue weighted by atomic mass is 9.87. The molecule has 2 aromatic carbocycles. The first kappa shape index (κ1) is 20.4. The van der Waals surface area contributed by atoms with Gasteiger partial charge in [0.05, 0.1) is 12.7 Å². The highest BCUT2D eigenvalue weighted by atomic mass is 35.5. The molecule has 1 saturated heterocycles. The first-order valence-corrected chi connectivity index (χ1v) is 9.35. The van der Waals surface area contributed by atoms with Crippen LogP contribution in [-0.2, 0) is 9.53 Å². The van der Waals surface area contributed by atoms with Crippen LogP contribution in [0, 0.1) is 17.6 Å². The van der Waals surface area contributed by atoms with Crippen LogP contribution in [0.5, 0.6) is 0 Å². The van der Waals surface area contributed by atoms with Crippen LogP contribution in [0.1, 0.15) is 34.8 Å². The van der Waals surface area contributed by atoms with E-state index in [0.29, 0.717) is 36.5 Å². The molecule has 0 spiro atoms. The lowest BCUT2D eigenvalue weighted by molar-refractivity contribution is -0.147. The van der Waals surface area contributed by atoms with Crippen molar-refractivity contribution in [2.75, 3.05) is 20.2 Å². The van der Waals surface area contributed by atoms with Crippen LogP contribution in [0.2, 0.25) is 5.02 Å². The van der Waals surface area contributed by atoms with Crippen molar-refractivity contribution in [1.29, 1.82) is 0 Å². The topological polar surface area (TPSA) is 46.6 Å². The second-order valence-electron chi connectivity index (χ2n) is 6.75. The summed E-state index contributed by atoms with van der Waals surface area (Å²) in [5, 5.41) is 0.456. The zero-order valence-corrected chi connectivity index (χ0v) is 16.1. The number of ether oxygens (including phenoxy) is 1. The standard InChI is InChI=1S/C21H20ClF2NO3/c1-28-21(27)19(15-4-2-3-5-17(15)22)25-10-8-13(9-11-25)20(26)16-12-14(23)6-7-18(16)24/h2-7,12-13,19H,8-11H2,1H3. The molecule has 1 heterocycles. The van der Waals surface area contributed by atoms with Crippen LogP contribution in [0.4, 0.5) is 8.78 Å². The molecule has 4 nitrogen and oxygen atoms in total. The molecule has 148 valence electrons. The molecule has 0 radical (unpaired) electrons. The van der Waals surface area contributed by atoms with Gasteiger partial charge in [0, 0.05) is 10.9 Å². The van der Waals surface area contributed by atoms with Crippen molar-refractivity contribution in [2.45, 2.75) is 18.9 Å². The van der Waals surface area contributed by atoms with Gasteiger partial charge < -0.3 is 4.74 Å². The van der Waals surface area contributed by atoms with Gasteiger partial charge in [0.2, 0.25) is 0 Å². The largest absolute Gasteiger partial charge is 0.468 e. The molecule has 1 aliphatic rings. The Hall–Kier alpha value is -2.31. The van der Waals surface area contributed by atoms with Gasteiger partial charge in [-0.3, -0.25) is 9.69 Å². The van der Waals surface area contributed by atoms with E-state index in [1.165, 1.54) is 7.11 Å². The summed E-state index contributed by atoms with van der Waals surface area (Å²) in [6, 6.07) is 9.24. The van der Waals surface area contributed by atoms with Gasteiger partial charge in [0.15, 0.2) is 5.78 Å². The number of benzene rings is 2. The summed E-state index contributed by atoms with van der Waals surface area (Å²) in [5.41, 5.74) is 0.408. The van der Waals surface area contributed by atoms with E-state index in [1.54, 1.807) is 24.3 Å². The number of nitrogens with zero attached hydrogens (tertiary/aromatic N) is 1. The predicted octanol–water partition coefficient (Wildman–Crippen LogP) is 4.43. The van der Waals surface area contributed by atoms with Gasteiger partial charge in [-0.25, -0.2) is 13.6 Å². The number of hydrogen-bond donors (Lipinski definition) is 0. The van der Waals surface area contributed by atoms with E-state index >= 15 is 0 Å². The molecule has 1 unspecified atom stereocenters. The van der Waals surface area contributed by atoms with E-state index in [4.69, 9.17) is 16.3 Å². The third kappa shape index (κ3) is 4.23. The molecule has 0 amide bonds. The van der Waals surface area contributed by atoms with Gasteiger partial charge in [-0.15, -0.1) is 0 Å². The first-order valence-electron chi connectivity index (χ1n) is 8.98. The highest BCUT2D eigenvalue weighted by Crippen LogP contribution is 2.33. The molecule has 0 N–H and O–H groups in total. The quantitative estimate of drug-likeness (QED) is 0.543. The minimum absolute atomic E-state index is 0.228. The zero-order chi connectivity index (χ0) is 20.3. The van der Waals surface area contributed by atoms with Crippen molar-refractivity contribution >= 4 is 23.4 Å². The molecule has 0 saturated carbocycles. The monoisotopic (exact) mass is 407 g/mol. The smallest absolute Gasteiger partial charge is 0.327 e. The second kappa shape index (κ2) is 8.80. The van der Waals surface area contributed by atoms with Crippen molar-refractivity contribution in [3.8, 4) is 0 Å². The molecule has 1 atom stereocenters. The predicted molar refractivity (Wildman–Crippen MR) is 101 cm³/mol. The Morgan fingerprint density at radius 3 is 2.46 bits per heavy atom. The summed E-state index contributed by atoms with van der Waals surface area (Å²) < 4.78 is 32.3. The van der Waals surface area contributed by atoms with Crippen molar-refractivity contribution in [3.05, 3.63) is 70.2 Å². The van der Waals surface area contributed by atoms with Crippen LogP contribution < -0.4 is 0 Å². The maximum atomic E-state index is 13.9. The van der Waals surface area contributed by atoms with E-state index < -0.39 is 35.3 Å². The highest BCUT2D eigenvalue weighted by Gasteiger charge is 2.35. The fourth-order valence-electron chi connectivity index (χ4n) is 3.61. The number of esters is 1. The lowest BCUT2D eigenvalue weighted by Gasteiger charge is -2.36. The maximum Gasteiger partial charge on any atom is 0.327 e. The van der Waals surface area contributed by atoms with Crippen LogP contribution >= 0.6 is 11.6 Å². The minimum Gasteiger partial charge on any atom is -0.468 e. The van der Waals surface area contributed by atoms with Crippen molar-refractivity contribution < 1.29 is 23.1 Å². The van der Waals surface area contributed by atoms with Crippen LogP contribution in [0.25, 0.3) is 0 Å². The first-order chi connectivity index (χ1) is 13.4. The number of rotatable bonds is 5. The molecule has 28 heavy (non-hydrogen) atoms. The van der Waals surface area contributed by atoms with Crippen molar-refractivity contribution in [2.24, 2.45) is 5.92 Å². The Bertz CT molecular complexity index is 882. The van der Waals surface area contributed by atoms with Gasteiger partial charge in [-0.2, -0.15) is 0 Å². The average Bonchev–Trinajstić information content (AvgIpc) is 2.71. The SMILES string of the molecule is COC(=O)C(c1ccccc1Cl)N1CCC(C(=O)c2cc(F)ccc2F)CC1. The molecule has 2 aromatic rings. The Labute approximate surface area is 167 Å². The Morgan fingerprint density at radius 2 is 1.82 bits per heavy atom. The van der Waals surface area contributed by atoms with E-state index in [-0.39, 0.29) is 5.56 Å². The summed E-state index contributed by atoms with van der Waals surface area (Å²) in [4.78, 5) is 26.9. The number of carbonyl (C=O) groups is 2. The minimum atomic E-state index is -0.725. The number of Topliss-reactive ketones (excluding diaryl/α,β-unsaturated/α-hetero) is 1. The molecule has 1 aliphatic heterocycles. The fourth-order valence-corrected chi connectivity index (χ4v) is 3.85. The molecule has 3 rings (SSSR count). The number of ketones is 1. The van der Waals surface area contributed by atoms with Crippen LogP contribution in [0.3, 0.4) is 0 Å². The van der Waals surface area contributed by atoms with E-state index in [9.17, 15) is 18.4 Å². The van der Waals surface area contributed by atoms with E-state index in [2.05, 4.69) is 0 Å². The number of methoxy groups -OCH3 is 1. The molecule has 7 heteroatoms. The van der Waals surface area contributed by atoms with Gasteiger partial charge in [0.1, 0.15) is 17.7 Å². The summed E-state index contributed by atoms with van der Waals surface area (Å²) >= 11 is 6.26. The molecular weight excluding hydrogens is 388 g/mol. The summed E-state index contributed by atoms with van der Waals surface area (Å²) in [6.07, 6.45) is 0.847. The van der Waals surface area contributed by atoms with Gasteiger partial charge >= 0.3 is 5.97 Å². The fraction of sp³-hybridized carbons (Fsp3) is 0.333. The molecule has 1 fully saturated rings.